The van der Waals surface area contributed by atoms with E-state index in [9.17, 15) is 9.59 Å². The number of carbonyl (C=O) groups excluding carboxylic acids is 1. The number of carbonyl (C=O) groups is 2. The molecule has 0 saturated heterocycles. The summed E-state index contributed by atoms with van der Waals surface area (Å²) in [6.07, 6.45) is 0.453. The highest BCUT2D eigenvalue weighted by Gasteiger charge is 2.08. The number of hydrogen-bond acceptors (Lipinski definition) is 6. The summed E-state index contributed by atoms with van der Waals surface area (Å²) < 4.78 is 4.87. The van der Waals surface area contributed by atoms with Crippen LogP contribution in [0.4, 0.5) is 5.13 Å². The van der Waals surface area contributed by atoms with Gasteiger partial charge in [-0.25, -0.2) is 0 Å². The van der Waals surface area contributed by atoms with Crippen LogP contribution < -0.4 is 5.32 Å². The monoisotopic (exact) mass is 259 g/mol. The highest BCUT2D eigenvalue weighted by molar-refractivity contribution is 7.15. The molecular formula is C9H13N3O4S. The molecule has 94 valence electrons. The van der Waals surface area contributed by atoms with Crippen molar-refractivity contribution in [2.75, 3.05) is 12.4 Å². The lowest BCUT2D eigenvalue weighted by atomic mass is 10.2. The second-order valence-electron chi connectivity index (χ2n) is 3.23. The number of rotatable bonds is 7. The molecule has 7 nitrogen and oxygen atoms in total. The van der Waals surface area contributed by atoms with Crippen molar-refractivity contribution in [3.8, 4) is 0 Å². The van der Waals surface area contributed by atoms with E-state index in [4.69, 9.17) is 9.84 Å². The fourth-order valence-corrected chi connectivity index (χ4v) is 1.80. The zero-order chi connectivity index (χ0) is 12.7. The minimum Gasteiger partial charge on any atom is -0.481 e. The molecule has 0 saturated carbocycles. The highest BCUT2D eigenvalue weighted by atomic mass is 32.1. The molecule has 0 aliphatic rings. The largest absolute Gasteiger partial charge is 0.481 e. The first-order valence-corrected chi connectivity index (χ1v) is 5.76. The van der Waals surface area contributed by atoms with Gasteiger partial charge in [0.25, 0.3) is 0 Å². The third kappa shape index (κ3) is 5.36. The van der Waals surface area contributed by atoms with Gasteiger partial charge in [-0.1, -0.05) is 11.3 Å². The Hall–Kier alpha value is -1.54. The van der Waals surface area contributed by atoms with Crippen molar-refractivity contribution in [3.63, 3.8) is 0 Å². The van der Waals surface area contributed by atoms with Gasteiger partial charge < -0.3 is 15.2 Å². The first-order chi connectivity index (χ1) is 8.11. The van der Waals surface area contributed by atoms with Crippen LogP contribution in [0.2, 0.25) is 0 Å². The number of aliphatic carboxylic acids is 1. The van der Waals surface area contributed by atoms with Crippen molar-refractivity contribution < 1.29 is 19.4 Å². The lowest BCUT2D eigenvalue weighted by molar-refractivity contribution is -0.137. The average Bonchev–Trinajstić information content (AvgIpc) is 2.65. The maximum absolute atomic E-state index is 11.4. The van der Waals surface area contributed by atoms with Crippen molar-refractivity contribution in [1.29, 1.82) is 0 Å². The summed E-state index contributed by atoms with van der Waals surface area (Å²) in [7, 11) is 1.55. The minimum absolute atomic E-state index is 0.0154. The molecule has 1 rings (SSSR count). The summed E-state index contributed by atoms with van der Waals surface area (Å²) in [5, 5.41) is 19.6. The van der Waals surface area contributed by atoms with E-state index in [1.807, 2.05) is 0 Å². The molecule has 1 amide bonds. The molecule has 1 aromatic heterocycles. The molecule has 17 heavy (non-hydrogen) atoms. The van der Waals surface area contributed by atoms with Gasteiger partial charge in [0.15, 0.2) is 0 Å². The van der Waals surface area contributed by atoms with Crippen LogP contribution in [0.25, 0.3) is 0 Å². The first-order valence-electron chi connectivity index (χ1n) is 4.94. The van der Waals surface area contributed by atoms with Gasteiger partial charge in [-0.05, 0) is 6.42 Å². The molecule has 0 aliphatic carbocycles. The molecule has 0 aromatic carbocycles. The SMILES string of the molecule is COCc1nnc(NC(=O)CCCC(=O)O)s1. The van der Waals surface area contributed by atoms with Gasteiger partial charge >= 0.3 is 5.97 Å². The molecule has 0 unspecified atom stereocenters. The number of nitrogens with one attached hydrogen (secondary N) is 1. The van der Waals surface area contributed by atoms with Gasteiger partial charge in [0.05, 0.1) is 0 Å². The third-order valence-corrected chi connectivity index (χ3v) is 2.59. The van der Waals surface area contributed by atoms with Gasteiger partial charge in [0, 0.05) is 20.0 Å². The Bertz CT molecular complexity index is 393. The van der Waals surface area contributed by atoms with Gasteiger partial charge in [0.1, 0.15) is 11.6 Å². The van der Waals surface area contributed by atoms with Crippen LogP contribution in [0.15, 0.2) is 0 Å². The number of methoxy groups -OCH3 is 1. The summed E-state index contributed by atoms with van der Waals surface area (Å²) in [5.41, 5.74) is 0. The lowest BCUT2D eigenvalue weighted by Gasteiger charge is -1.98. The number of nitrogens with zero attached hydrogens (tertiary/aromatic N) is 2. The van der Waals surface area contributed by atoms with Gasteiger partial charge in [-0.15, -0.1) is 10.2 Å². The highest BCUT2D eigenvalue weighted by Crippen LogP contribution is 2.16. The second kappa shape index (κ2) is 6.92. The number of anilines is 1. The topological polar surface area (TPSA) is 101 Å². The summed E-state index contributed by atoms with van der Waals surface area (Å²) in [6.45, 7) is 0.354. The van der Waals surface area contributed by atoms with Crippen molar-refractivity contribution >= 4 is 28.3 Å². The Morgan fingerprint density at radius 3 is 2.82 bits per heavy atom. The zero-order valence-electron chi connectivity index (χ0n) is 9.30. The summed E-state index contributed by atoms with van der Waals surface area (Å²) in [4.78, 5) is 21.6. The van der Waals surface area contributed by atoms with Gasteiger partial charge in [-0.3, -0.25) is 9.59 Å². The van der Waals surface area contributed by atoms with E-state index in [1.165, 1.54) is 11.3 Å². The van der Waals surface area contributed by atoms with Crippen LogP contribution in [0.5, 0.6) is 0 Å². The van der Waals surface area contributed by atoms with Crippen LogP contribution in [-0.4, -0.2) is 34.3 Å². The second-order valence-corrected chi connectivity index (χ2v) is 4.29. The van der Waals surface area contributed by atoms with E-state index in [0.717, 1.165) is 0 Å². The molecule has 0 atom stereocenters. The molecule has 2 N–H and O–H groups in total. The van der Waals surface area contributed by atoms with Crippen molar-refractivity contribution in [2.45, 2.75) is 25.9 Å². The quantitative estimate of drug-likeness (QED) is 0.753. The maximum Gasteiger partial charge on any atom is 0.303 e. The number of ether oxygens (including phenoxy) is 1. The molecule has 8 heteroatoms. The predicted octanol–water partition coefficient (Wildman–Crippen LogP) is 0.878. The van der Waals surface area contributed by atoms with Gasteiger partial charge in [0.2, 0.25) is 11.0 Å². The molecule has 0 radical (unpaired) electrons. The van der Waals surface area contributed by atoms with Gasteiger partial charge in [-0.2, -0.15) is 0 Å². The van der Waals surface area contributed by atoms with E-state index in [2.05, 4.69) is 15.5 Å². The number of aromatic nitrogens is 2. The minimum atomic E-state index is -0.906. The van der Waals surface area contributed by atoms with E-state index >= 15 is 0 Å². The Balaban J connectivity index is 2.31. The number of hydrogen-bond donors (Lipinski definition) is 2. The third-order valence-electron chi connectivity index (χ3n) is 1.78. The van der Waals surface area contributed by atoms with Crippen molar-refractivity contribution in [2.24, 2.45) is 0 Å². The van der Waals surface area contributed by atoms with Crippen LogP contribution in [0.1, 0.15) is 24.3 Å². The van der Waals surface area contributed by atoms with E-state index < -0.39 is 5.97 Å². The first kappa shape index (κ1) is 13.5. The molecule has 1 heterocycles. The Kier molecular flexibility index (Phi) is 5.50. The summed E-state index contributed by atoms with van der Waals surface area (Å²) in [5.74, 6) is -1.16. The average molecular weight is 259 g/mol. The Morgan fingerprint density at radius 1 is 1.41 bits per heavy atom. The predicted molar refractivity (Wildman–Crippen MR) is 60.7 cm³/mol. The molecule has 1 aromatic rings. The van der Waals surface area contributed by atoms with Crippen LogP contribution in [-0.2, 0) is 20.9 Å². The van der Waals surface area contributed by atoms with E-state index in [1.54, 1.807) is 7.11 Å². The standard InChI is InChI=1S/C9H13N3O4S/c1-16-5-7-11-12-9(17-7)10-6(13)3-2-4-8(14)15/h2-5H2,1H3,(H,14,15)(H,10,12,13). The zero-order valence-corrected chi connectivity index (χ0v) is 10.1. The Labute approximate surface area is 102 Å². The molecule has 0 aliphatic heterocycles. The smallest absolute Gasteiger partial charge is 0.303 e. The van der Waals surface area contributed by atoms with Crippen LogP contribution >= 0.6 is 11.3 Å². The molecule has 0 fully saturated rings. The fraction of sp³-hybridized carbons (Fsp3) is 0.556. The summed E-state index contributed by atoms with van der Waals surface area (Å²) >= 11 is 1.23. The fourth-order valence-electron chi connectivity index (χ4n) is 1.07. The van der Waals surface area contributed by atoms with Crippen LogP contribution in [0, 0.1) is 0 Å². The van der Waals surface area contributed by atoms with Crippen LogP contribution in [0.3, 0.4) is 0 Å². The van der Waals surface area contributed by atoms with E-state index in [0.29, 0.717) is 23.2 Å². The normalized spacial score (nSPS) is 10.2. The number of carboxylic acids is 1. The van der Waals surface area contributed by atoms with Crippen molar-refractivity contribution in [3.05, 3.63) is 5.01 Å². The van der Waals surface area contributed by atoms with E-state index in [-0.39, 0.29) is 18.7 Å². The number of amides is 1. The number of carboxylic acid groups (broad SMARTS) is 1. The summed E-state index contributed by atoms with van der Waals surface area (Å²) in [6, 6.07) is 0. The molecule has 0 spiro atoms. The van der Waals surface area contributed by atoms with Crippen molar-refractivity contribution in [1.82, 2.24) is 10.2 Å². The maximum atomic E-state index is 11.4. The molecular weight excluding hydrogens is 246 g/mol. The lowest BCUT2D eigenvalue weighted by Crippen LogP contribution is -2.11. The Morgan fingerprint density at radius 2 is 2.18 bits per heavy atom. The molecule has 0 bridgehead atoms.